The maximum absolute atomic E-state index is 5.43. The number of morpholine rings is 1. The van der Waals surface area contributed by atoms with Gasteiger partial charge in [-0.25, -0.2) is 0 Å². The highest BCUT2D eigenvalue weighted by Gasteiger charge is 2.28. The van der Waals surface area contributed by atoms with E-state index >= 15 is 0 Å². The first kappa shape index (κ1) is 17.7. The van der Waals surface area contributed by atoms with E-state index in [0.29, 0.717) is 0 Å². The van der Waals surface area contributed by atoms with Crippen molar-refractivity contribution in [1.29, 1.82) is 0 Å². The summed E-state index contributed by atoms with van der Waals surface area (Å²) in [6.07, 6.45) is 4.88. The van der Waals surface area contributed by atoms with Crippen LogP contribution in [0.15, 0.2) is 17.4 Å². The molecule has 0 aliphatic carbocycles. The molecule has 130 valence electrons. The van der Waals surface area contributed by atoms with Crippen molar-refractivity contribution >= 4 is 5.96 Å². The summed E-state index contributed by atoms with van der Waals surface area (Å²) in [7, 11) is 3.74. The maximum atomic E-state index is 5.43. The van der Waals surface area contributed by atoms with Crippen LogP contribution >= 0.6 is 0 Å². The van der Waals surface area contributed by atoms with E-state index < -0.39 is 0 Å². The summed E-state index contributed by atoms with van der Waals surface area (Å²) in [6, 6.07) is 0. The van der Waals surface area contributed by atoms with E-state index in [-0.39, 0.29) is 5.54 Å². The number of hydrogen-bond acceptors (Lipinski definition) is 4. The van der Waals surface area contributed by atoms with E-state index in [1.807, 2.05) is 24.1 Å². The topological polar surface area (TPSA) is 66.7 Å². The van der Waals surface area contributed by atoms with Crippen molar-refractivity contribution in [2.45, 2.75) is 25.8 Å². The van der Waals surface area contributed by atoms with Gasteiger partial charge < -0.3 is 15.4 Å². The first-order chi connectivity index (χ1) is 11.0. The van der Waals surface area contributed by atoms with Gasteiger partial charge in [-0.2, -0.15) is 5.10 Å². The number of ether oxygens (including phenoxy) is 1. The lowest BCUT2D eigenvalue weighted by atomic mass is 10.0. The van der Waals surface area contributed by atoms with Crippen molar-refractivity contribution in [2.75, 3.05) is 46.4 Å². The second-order valence-corrected chi connectivity index (χ2v) is 6.54. The zero-order valence-electron chi connectivity index (χ0n) is 14.8. The van der Waals surface area contributed by atoms with Gasteiger partial charge in [-0.15, -0.1) is 0 Å². The van der Waals surface area contributed by atoms with Gasteiger partial charge in [-0.3, -0.25) is 14.6 Å². The van der Waals surface area contributed by atoms with E-state index in [2.05, 4.69) is 39.5 Å². The molecule has 1 saturated heterocycles. The molecule has 7 heteroatoms. The van der Waals surface area contributed by atoms with Crippen LogP contribution < -0.4 is 10.6 Å². The normalized spacial score (nSPS) is 17.3. The van der Waals surface area contributed by atoms with Crippen LogP contribution in [0.2, 0.25) is 0 Å². The van der Waals surface area contributed by atoms with Crippen LogP contribution in [0, 0.1) is 0 Å². The summed E-state index contributed by atoms with van der Waals surface area (Å²) < 4.78 is 7.26. The average Bonchev–Trinajstić information content (AvgIpc) is 2.97. The molecule has 0 saturated carbocycles. The first-order valence-electron chi connectivity index (χ1n) is 8.26. The second-order valence-electron chi connectivity index (χ2n) is 6.54. The van der Waals surface area contributed by atoms with Gasteiger partial charge in [0.05, 0.1) is 19.4 Å². The minimum Gasteiger partial charge on any atom is -0.379 e. The summed E-state index contributed by atoms with van der Waals surface area (Å²) in [6.45, 7) is 9.82. The van der Waals surface area contributed by atoms with E-state index in [9.17, 15) is 0 Å². The lowest BCUT2D eigenvalue weighted by Crippen LogP contribution is -2.56. The van der Waals surface area contributed by atoms with Crippen LogP contribution in [0.25, 0.3) is 0 Å². The number of aryl methyl sites for hydroxylation is 1. The first-order valence-corrected chi connectivity index (χ1v) is 8.26. The zero-order chi connectivity index (χ0) is 16.7. The SMILES string of the molecule is CN=C(NCCc1cnn(C)c1)NCC(C)(C)N1CCOCC1. The van der Waals surface area contributed by atoms with Gasteiger partial charge in [0.25, 0.3) is 0 Å². The fourth-order valence-corrected chi connectivity index (χ4v) is 2.73. The molecule has 0 amide bonds. The molecule has 0 spiro atoms. The molecule has 1 aromatic heterocycles. The summed E-state index contributed by atoms with van der Waals surface area (Å²) in [5.41, 5.74) is 1.30. The molecule has 0 radical (unpaired) electrons. The monoisotopic (exact) mass is 322 g/mol. The molecule has 0 atom stereocenters. The highest BCUT2D eigenvalue weighted by atomic mass is 16.5. The number of nitrogens with one attached hydrogen (secondary N) is 2. The molecule has 1 aliphatic rings. The van der Waals surface area contributed by atoms with Crippen molar-refractivity contribution in [3.63, 3.8) is 0 Å². The summed E-state index contributed by atoms with van der Waals surface area (Å²) >= 11 is 0. The van der Waals surface area contributed by atoms with E-state index in [0.717, 1.165) is 51.8 Å². The third-order valence-electron chi connectivity index (χ3n) is 4.24. The van der Waals surface area contributed by atoms with Crippen LogP contribution in [0.1, 0.15) is 19.4 Å². The van der Waals surface area contributed by atoms with Crippen molar-refractivity contribution in [3.8, 4) is 0 Å². The predicted molar refractivity (Wildman–Crippen MR) is 92.7 cm³/mol. The maximum Gasteiger partial charge on any atom is 0.191 e. The highest BCUT2D eigenvalue weighted by molar-refractivity contribution is 5.79. The van der Waals surface area contributed by atoms with Gasteiger partial charge in [0, 0.05) is 52.0 Å². The quantitative estimate of drug-likeness (QED) is 0.580. The van der Waals surface area contributed by atoms with Gasteiger partial charge in [-0.05, 0) is 25.8 Å². The number of aromatic nitrogens is 2. The van der Waals surface area contributed by atoms with Crippen LogP contribution in [0.3, 0.4) is 0 Å². The Bertz CT molecular complexity index is 504. The molecule has 0 unspecified atom stereocenters. The lowest BCUT2D eigenvalue weighted by Gasteiger charge is -2.41. The van der Waals surface area contributed by atoms with Gasteiger partial charge in [0.2, 0.25) is 0 Å². The molecule has 1 aliphatic heterocycles. The Hall–Kier alpha value is -1.60. The molecule has 2 N–H and O–H groups in total. The van der Waals surface area contributed by atoms with E-state index in [1.54, 1.807) is 7.05 Å². The number of nitrogens with zero attached hydrogens (tertiary/aromatic N) is 4. The predicted octanol–water partition coefficient (Wildman–Crippen LogP) is 0.238. The lowest BCUT2D eigenvalue weighted by molar-refractivity contribution is -0.00833. The fraction of sp³-hybridized carbons (Fsp3) is 0.750. The Morgan fingerprint density at radius 1 is 1.35 bits per heavy atom. The minimum atomic E-state index is 0.0742. The van der Waals surface area contributed by atoms with Crippen LogP contribution in [-0.4, -0.2) is 72.6 Å². The standard InChI is InChI=1S/C16H30N6O/c1-16(2,22-7-9-23-10-8-22)13-19-15(17-3)18-6-5-14-11-20-21(4)12-14/h11-12H,5-10,13H2,1-4H3,(H2,17,18,19). The molecule has 1 aromatic rings. The molecule has 2 rings (SSSR count). The number of hydrogen-bond donors (Lipinski definition) is 2. The Morgan fingerprint density at radius 2 is 2.09 bits per heavy atom. The smallest absolute Gasteiger partial charge is 0.191 e. The molecule has 0 aromatic carbocycles. The Kier molecular flexibility index (Phi) is 6.41. The van der Waals surface area contributed by atoms with Crippen LogP contribution in [0.4, 0.5) is 0 Å². The third kappa shape index (κ3) is 5.51. The van der Waals surface area contributed by atoms with Gasteiger partial charge >= 0.3 is 0 Å². The molecular weight excluding hydrogens is 292 g/mol. The van der Waals surface area contributed by atoms with E-state index in [1.165, 1.54) is 5.56 Å². The zero-order valence-corrected chi connectivity index (χ0v) is 14.8. The van der Waals surface area contributed by atoms with Crippen molar-refractivity contribution < 1.29 is 4.74 Å². The van der Waals surface area contributed by atoms with Gasteiger partial charge in [0.15, 0.2) is 5.96 Å². The van der Waals surface area contributed by atoms with Crippen molar-refractivity contribution in [2.24, 2.45) is 12.0 Å². The molecule has 0 bridgehead atoms. The second kappa shape index (κ2) is 8.31. The minimum absolute atomic E-state index is 0.0742. The summed E-state index contributed by atoms with van der Waals surface area (Å²) in [4.78, 5) is 6.77. The van der Waals surface area contributed by atoms with E-state index in [4.69, 9.17) is 4.74 Å². The Morgan fingerprint density at radius 3 is 2.70 bits per heavy atom. The largest absolute Gasteiger partial charge is 0.379 e. The van der Waals surface area contributed by atoms with Crippen LogP contribution in [0.5, 0.6) is 0 Å². The molecular formula is C16H30N6O. The van der Waals surface area contributed by atoms with Crippen molar-refractivity contribution in [3.05, 3.63) is 18.0 Å². The van der Waals surface area contributed by atoms with Crippen molar-refractivity contribution in [1.82, 2.24) is 25.3 Å². The third-order valence-corrected chi connectivity index (χ3v) is 4.24. The molecule has 2 heterocycles. The number of guanidine groups is 1. The number of aliphatic imine (C=N–C) groups is 1. The number of rotatable bonds is 6. The fourth-order valence-electron chi connectivity index (χ4n) is 2.73. The van der Waals surface area contributed by atoms with Gasteiger partial charge in [-0.1, -0.05) is 0 Å². The molecule has 23 heavy (non-hydrogen) atoms. The summed E-state index contributed by atoms with van der Waals surface area (Å²) in [5, 5.41) is 11.0. The molecule has 1 fully saturated rings. The Labute approximate surface area is 139 Å². The Balaban J connectivity index is 1.73. The molecule has 7 nitrogen and oxygen atoms in total. The average molecular weight is 322 g/mol. The van der Waals surface area contributed by atoms with Crippen LogP contribution in [-0.2, 0) is 18.2 Å². The van der Waals surface area contributed by atoms with Gasteiger partial charge in [0.1, 0.15) is 0 Å². The highest BCUT2D eigenvalue weighted by Crippen LogP contribution is 2.14. The summed E-state index contributed by atoms with van der Waals surface area (Å²) in [5.74, 6) is 0.843.